The number of carbonyl (C=O) groups is 2. The lowest BCUT2D eigenvalue weighted by Crippen LogP contribution is -2.30. The molecule has 3 rings (SSSR count). The summed E-state index contributed by atoms with van der Waals surface area (Å²) in [5, 5.41) is 2.78. The lowest BCUT2D eigenvalue weighted by Gasteiger charge is -2.18. The van der Waals surface area contributed by atoms with Gasteiger partial charge in [-0.25, -0.2) is 9.18 Å². The minimum Gasteiger partial charge on any atom is -0.452 e. The van der Waals surface area contributed by atoms with Crippen molar-refractivity contribution in [1.29, 1.82) is 0 Å². The Morgan fingerprint density at radius 1 is 0.862 bits per heavy atom. The van der Waals surface area contributed by atoms with Gasteiger partial charge in [-0.05, 0) is 35.7 Å². The molecule has 5 heteroatoms. The summed E-state index contributed by atoms with van der Waals surface area (Å²) in [6.45, 7) is 0.0293. The fraction of sp³-hybridized carbons (Fsp3) is 0.167. The first-order chi connectivity index (χ1) is 14.1. The molecular formula is C24H22FNO3. The van der Waals surface area contributed by atoms with E-state index in [1.54, 1.807) is 0 Å². The zero-order valence-corrected chi connectivity index (χ0v) is 15.9. The minimum atomic E-state index is -0.730. The van der Waals surface area contributed by atoms with Crippen LogP contribution < -0.4 is 5.32 Å². The fourth-order valence-corrected chi connectivity index (χ4v) is 3.13. The number of halogens is 1. The molecule has 0 saturated heterocycles. The Kier molecular flexibility index (Phi) is 7.11. The number of esters is 1. The zero-order valence-electron chi connectivity index (χ0n) is 15.9. The van der Waals surface area contributed by atoms with Gasteiger partial charge in [-0.2, -0.15) is 0 Å². The third kappa shape index (κ3) is 6.01. The van der Waals surface area contributed by atoms with Gasteiger partial charge >= 0.3 is 5.97 Å². The Bertz CT molecular complexity index is 905. The molecule has 0 radical (unpaired) electrons. The number of hydrogen-bond donors (Lipinski definition) is 1. The van der Waals surface area contributed by atoms with Gasteiger partial charge in [0.25, 0.3) is 5.91 Å². The highest BCUT2D eigenvalue weighted by Crippen LogP contribution is 2.27. The van der Waals surface area contributed by atoms with Gasteiger partial charge in [0.05, 0.1) is 5.56 Å². The maximum Gasteiger partial charge on any atom is 0.338 e. The highest BCUT2D eigenvalue weighted by Gasteiger charge is 2.15. The van der Waals surface area contributed by atoms with Crippen LogP contribution in [0.25, 0.3) is 0 Å². The van der Waals surface area contributed by atoms with Gasteiger partial charge in [0.1, 0.15) is 5.82 Å². The SMILES string of the molecule is O=C(COC(=O)c1cccc(F)c1)NCCC(c1ccccc1)c1ccccc1. The normalized spacial score (nSPS) is 10.6. The van der Waals surface area contributed by atoms with E-state index in [0.29, 0.717) is 13.0 Å². The molecule has 4 nitrogen and oxygen atoms in total. The van der Waals surface area contributed by atoms with E-state index in [1.165, 1.54) is 29.3 Å². The average molecular weight is 391 g/mol. The zero-order chi connectivity index (χ0) is 20.5. The standard InChI is InChI=1S/C24H22FNO3/c25-21-13-7-12-20(16-21)24(28)29-17-23(27)26-15-14-22(18-8-3-1-4-9-18)19-10-5-2-6-11-19/h1-13,16,22H,14-15,17H2,(H,26,27). The Morgan fingerprint density at radius 2 is 1.48 bits per heavy atom. The molecule has 148 valence electrons. The Labute approximate surface area is 169 Å². The molecule has 0 heterocycles. The van der Waals surface area contributed by atoms with Crippen molar-refractivity contribution in [1.82, 2.24) is 5.32 Å². The summed E-state index contributed by atoms with van der Waals surface area (Å²) in [5.74, 6) is -1.51. The molecule has 1 amide bonds. The lowest BCUT2D eigenvalue weighted by molar-refractivity contribution is -0.124. The lowest BCUT2D eigenvalue weighted by atomic mass is 9.88. The van der Waals surface area contributed by atoms with Gasteiger partial charge in [0, 0.05) is 12.5 Å². The summed E-state index contributed by atoms with van der Waals surface area (Å²) in [5.41, 5.74) is 2.42. The van der Waals surface area contributed by atoms with Crippen LogP contribution >= 0.6 is 0 Å². The van der Waals surface area contributed by atoms with Crippen molar-refractivity contribution in [3.05, 3.63) is 107 Å². The predicted molar refractivity (Wildman–Crippen MR) is 109 cm³/mol. The third-order valence-corrected chi connectivity index (χ3v) is 4.55. The first-order valence-electron chi connectivity index (χ1n) is 9.43. The summed E-state index contributed by atoms with van der Waals surface area (Å²) in [7, 11) is 0. The Morgan fingerprint density at radius 3 is 2.07 bits per heavy atom. The second-order valence-electron chi connectivity index (χ2n) is 6.60. The summed E-state index contributed by atoms with van der Waals surface area (Å²) in [6, 6.07) is 25.4. The van der Waals surface area contributed by atoms with Gasteiger partial charge < -0.3 is 10.1 Å². The van der Waals surface area contributed by atoms with Crippen LogP contribution in [0.15, 0.2) is 84.9 Å². The van der Waals surface area contributed by atoms with Crippen molar-refractivity contribution in [2.45, 2.75) is 12.3 Å². The van der Waals surface area contributed by atoms with Crippen molar-refractivity contribution in [2.75, 3.05) is 13.2 Å². The smallest absolute Gasteiger partial charge is 0.338 e. The number of rotatable bonds is 8. The molecule has 0 aliphatic rings. The van der Waals surface area contributed by atoms with Crippen LogP contribution in [0.2, 0.25) is 0 Å². The average Bonchev–Trinajstić information content (AvgIpc) is 2.76. The van der Waals surface area contributed by atoms with Crippen molar-refractivity contribution in [3.8, 4) is 0 Å². The van der Waals surface area contributed by atoms with E-state index in [0.717, 1.165) is 6.07 Å². The van der Waals surface area contributed by atoms with Gasteiger partial charge in [-0.15, -0.1) is 0 Å². The van der Waals surface area contributed by atoms with Gasteiger partial charge in [0.2, 0.25) is 0 Å². The van der Waals surface area contributed by atoms with Crippen LogP contribution in [0.5, 0.6) is 0 Å². The number of amides is 1. The van der Waals surface area contributed by atoms with E-state index in [9.17, 15) is 14.0 Å². The topological polar surface area (TPSA) is 55.4 Å². The Balaban J connectivity index is 1.51. The highest BCUT2D eigenvalue weighted by molar-refractivity contribution is 5.91. The second-order valence-corrected chi connectivity index (χ2v) is 6.60. The maximum atomic E-state index is 13.2. The summed E-state index contributed by atoms with van der Waals surface area (Å²) < 4.78 is 18.1. The van der Waals surface area contributed by atoms with E-state index >= 15 is 0 Å². The number of carbonyl (C=O) groups excluding carboxylic acids is 2. The number of benzene rings is 3. The molecule has 0 aliphatic heterocycles. The molecule has 0 aromatic heterocycles. The van der Waals surface area contributed by atoms with Gasteiger partial charge in [-0.3, -0.25) is 4.79 Å². The quantitative estimate of drug-likeness (QED) is 0.582. The molecule has 0 fully saturated rings. The monoisotopic (exact) mass is 391 g/mol. The third-order valence-electron chi connectivity index (χ3n) is 4.55. The van der Waals surface area contributed by atoms with Crippen LogP contribution in [0.3, 0.4) is 0 Å². The fourth-order valence-electron chi connectivity index (χ4n) is 3.13. The van der Waals surface area contributed by atoms with E-state index in [-0.39, 0.29) is 11.5 Å². The van der Waals surface area contributed by atoms with Crippen molar-refractivity contribution in [2.24, 2.45) is 0 Å². The number of hydrogen-bond acceptors (Lipinski definition) is 3. The molecule has 29 heavy (non-hydrogen) atoms. The molecule has 0 aliphatic carbocycles. The largest absolute Gasteiger partial charge is 0.452 e. The summed E-state index contributed by atoms with van der Waals surface area (Å²) in [6.07, 6.45) is 0.706. The first-order valence-corrected chi connectivity index (χ1v) is 9.43. The molecule has 3 aromatic rings. The van der Waals surface area contributed by atoms with Gasteiger partial charge in [-0.1, -0.05) is 66.7 Å². The first kappa shape index (κ1) is 20.3. The minimum absolute atomic E-state index is 0.0750. The van der Waals surface area contributed by atoms with Crippen LogP contribution in [0.4, 0.5) is 4.39 Å². The van der Waals surface area contributed by atoms with Gasteiger partial charge in [0.15, 0.2) is 6.61 Å². The van der Waals surface area contributed by atoms with Crippen LogP contribution in [-0.2, 0) is 9.53 Å². The van der Waals surface area contributed by atoms with E-state index in [1.807, 2.05) is 36.4 Å². The summed E-state index contributed by atoms with van der Waals surface area (Å²) >= 11 is 0. The number of nitrogens with one attached hydrogen (secondary N) is 1. The van der Waals surface area contributed by atoms with E-state index < -0.39 is 24.3 Å². The molecule has 0 atom stereocenters. The van der Waals surface area contributed by atoms with E-state index in [4.69, 9.17) is 4.74 Å². The second kappa shape index (κ2) is 10.2. The van der Waals surface area contributed by atoms with Crippen LogP contribution in [-0.4, -0.2) is 25.0 Å². The Hall–Kier alpha value is -3.47. The molecule has 0 unspecified atom stereocenters. The molecule has 0 saturated carbocycles. The predicted octanol–water partition coefficient (Wildman–Crippen LogP) is 4.32. The van der Waals surface area contributed by atoms with Crippen molar-refractivity contribution >= 4 is 11.9 Å². The molecule has 1 N–H and O–H groups in total. The highest BCUT2D eigenvalue weighted by atomic mass is 19.1. The van der Waals surface area contributed by atoms with Crippen LogP contribution in [0, 0.1) is 5.82 Å². The number of ether oxygens (including phenoxy) is 1. The van der Waals surface area contributed by atoms with Crippen molar-refractivity contribution < 1.29 is 18.7 Å². The molecule has 3 aromatic carbocycles. The molecular weight excluding hydrogens is 369 g/mol. The van der Waals surface area contributed by atoms with Crippen LogP contribution in [0.1, 0.15) is 33.8 Å². The summed E-state index contributed by atoms with van der Waals surface area (Å²) in [4.78, 5) is 23.9. The molecule has 0 bridgehead atoms. The molecule has 0 spiro atoms. The maximum absolute atomic E-state index is 13.2. The van der Waals surface area contributed by atoms with Crippen molar-refractivity contribution in [3.63, 3.8) is 0 Å². The van der Waals surface area contributed by atoms with E-state index in [2.05, 4.69) is 29.6 Å².